The largest absolute Gasteiger partial charge is 0.242 e. The van der Waals surface area contributed by atoms with Crippen molar-refractivity contribution < 1.29 is 8.42 Å². The molecule has 1 rings (SSSR count). The van der Waals surface area contributed by atoms with Gasteiger partial charge >= 0.3 is 0 Å². The van der Waals surface area contributed by atoms with E-state index in [4.69, 9.17) is 5.26 Å². The Morgan fingerprint density at radius 3 is 2.20 bits per heavy atom. The molecule has 0 spiro atoms. The number of hydrogen-bond acceptors (Lipinski definition) is 3. The first-order valence-corrected chi connectivity index (χ1v) is 7.98. The predicted octanol–water partition coefficient (Wildman–Crippen LogP) is 3.05. The lowest BCUT2D eigenvalue weighted by Gasteiger charge is -2.33. The molecule has 0 aromatic heterocycles. The van der Waals surface area contributed by atoms with E-state index < -0.39 is 15.6 Å². The normalized spacial score (nSPS) is 13.0. The van der Waals surface area contributed by atoms with Gasteiger partial charge in [-0.2, -0.15) is 5.26 Å². The van der Waals surface area contributed by atoms with E-state index in [0.717, 1.165) is 0 Å². The summed E-state index contributed by atoms with van der Waals surface area (Å²) < 4.78 is 27.6. The van der Waals surface area contributed by atoms with Crippen LogP contribution in [0.25, 0.3) is 0 Å². The van der Waals surface area contributed by atoms with Crippen LogP contribution in [0.1, 0.15) is 46.6 Å². The maximum absolute atomic E-state index is 12.5. The molecule has 0 bridgehead atoms. The number of rotatable bonds is 4. The number of hydrogen-bond donors (Lipinski definition) is 1. The summed E-state index contributed by atoms with van der Waals surface area (Å²) >= 11 is 0. The van der Waals surface area contributed by atoms with E-state index >= 15 is 0 Å². The standard InChI is InChI=1S/C15H22N2O2S/c1-14(2,3)11-15(4,5)17-20(18,19)13-9-7-6-8-12(13)10-16/h6-9,17H,11H2,1-5H3. The topological polar surface area (TPSA) is 70.0 Å². The molecule has 0 radical (unpaired) electrons. The van der Waals surface area contributed by atoms with Crippen LogP contribution in [-0.4, -0.2) is 14.0 Å². The van der Waals surface area contributed by atoms with E-state index in [1.165, 1.54) is 12.1 Å². The van der Waals surface area contributed by atoms with Crippen molar-refractivity contribution in [3.63, 3.8) is 0 Å². The second-order valence-electron chi connectivity index (χ2n) is 6.83. The fraction of sp³-hybridized carbons (Fsp3) is 0.533. The summed E-state index contributed by atoms with van der Waals surface area (Å²) in [5.41, 5.74) is -0.424. The van der Waals surface area contributed by atoms with Crippen LogP contribution in [0.5, 0.6) is 0 Å². The van der Waals surface area contributed by atoms with E-state index in [-0.39, 0.29) is 15.9 Å². The van der Waals surface area contributed by atoms with Gasteiger partial charge in [-0.15, -0.1) is 0 Å². The average Bonchev–Trinajstić information content (AvgIpc) is 2.24. The smallest absolute Gasteiger partial charge is 0.207 e. The van der Waals surface area contributed by atoms with Crippen molar-refractivity contribution in [1.82, 2.24) is 4.72 Å². The summed E-state index contributed by atoms with van der Waals surface area (Å²) in [6.45, 7) is 9.89. The van der Waals surface area contributed by atoms with Crippen LogP contribution in [0.4, 0.5) is 0 Å². The van der Waals surface area contributed by atoms with Crippen LogP contribution in [0.15, 0.2) is 29.2 Å². The third-order valence-corrected chi connectivity index (χ3v) is 4.44. The highest BCUT2D eigenvalue weighted by atomic mass is 32.2. The number of nitriles is 1. The lowest BCUT2D eigenvalue weighted by Crippen LogP contribution is -2.45. The van der Waals surface area contributed by atoms with Crippen molar-refractivity contribution >= 4 is 10.0 Å². The van der Waals surface area contributed by atoms with Crippen LogP contribution >= 0.6 is 0 Å². The quantitative estimate of drug-likeness (QED) is 0.927. The average molecular weight is 294 g/mol. The van der Waals surface area contributed by atoms with Crippen LogP contribution < -0.4 is 4.72 Å². The molecular formula is C15H22N2O2S. The van der Waals surface area contributed by atoms with Gasteiger partial charge in [-0.25, -0.2) is 13.1 Å². The van der Waals surface area contributed by atoms with Crippen molar-refractivity contribution in [2.24, 2.45) is 5.41 Å². The highest BCUT2D eigenvalue weighted by Crippen LogP contribution is 2.28. The summed E-state index contributed by atoms with van der Waals surface area (Å²) in [6, 6.07) is 8.14. The molecule has 5 heteroatoms. The monoisotopic (exact) mass is 294 g/mol. The van der Waals surface area contributed by atoms with Crippen molar-refractivity contribution in [3.8, 4) is 6.07 Å². The Kier molecular flexibility index (Phi) is 4.62. The van der Waals surface area contributed by atoms with Gasteiger partial charge in [0, 0.05) is 5.54 Å². The summed E-state index contributed by atoms with van der Waals surface area (Å²) in [5, 5.41) is 9.02. The number of nitrogens with zero attached hydrogens (tertiary/aromatic N) is 1. The molecule has 0 unspecified atom stereocenters. The van der Waals surface area contributed by atoms with Crippen LogP contribution in [0.3, 0.4) is 0 Å². The second-order valence-corrected chi connectivity index (χ2v) is 8.49. The molecule has 0 aliphatic carbocycles. The van der Waals surface area contributed by atoms with Gasteiger partial charge in [0.1, 0.15) is 6.07 Å². The zero-order valence-electron chi connectivity index (χ0n) is 12.7. The first-order valence-electron chi connectivity index (χ1n) is 6.50. The van der Waals surface area contributed by atoms with Crippen molar-refractivity contribution in [3.05, 3.63) is 29.8 Å². The minimum absolute atomic E-state index is 0.000760. The maximum atomic E-state index is 12.5. The molecular weight excluding hydrogens is 272 g/mol. The van der Waals surface area contributed by atoms with Gasteiger partial charge in [0.15, 0.2) is 0 Å². The Hall–Kier alpha value is -1.38. The fourth-order valence-electron chi connectivity index (χ4n) is 2.57. The Labute approximate surface area is 121 Å². The van der Waals surface area contributed by atoms with E-state index in [1.54, 1.807) is 12.1 Å². The summed E-state index contributed by atoms with van der Waals surface area (Å²) in [6.07, 6.45) is 0.688. The molecule has 0 fully saturated rings. The van der Waals surface area contributed by atoms with Crippen LogP contribution in [-0.2, 0) is 10.0 Å². The van der Waals surface area contributed by atoms with E-state index in [1.807, 2.05) is 19.9 Å². The van der Waals surface area contributed by atoms with Crippen molar-refractivity contribution in [2.75, 3.05) is 0 Å². The minimum Gasteiger partial charge on any atom is -0.207 e. The first-order chi connectivity index (χ1) is 8.97. The van der Waals surface area contributed by atoms with E-state index in [2.05, 4.69) is 25.5 Å². The number of nitrogens with one attached hydrogen (secondary N) is 1. The summed E-state index contributed by atoms with van der Waals surface area (Å²) in [7, 11) is -3.71. The van der Waals surface area contributed by atoms with Crippen LogP contribution in [0.2, 0.25) is 0 Å². The second kappa shape index (κ2) is 5.55. The molecule has 0 atom stereocenters. The van der Waals surface area contributed by atoms with E-state index in [9.17, 15) is 8.42 Å². The van der Waals surface area contributed by atoms with Gasteiger partial charge in [-0.1, -0.05) is 32.9 Å². The van der Waals surface area contributed by atoms with E-state index in [0.29, 0.717) is 6.42 Å². The van der Waals surface area contributed by atoms with Gasteiger partial charge in [-0.05, 0) is 37.8 Å². The molecule has 4 nitrogen and oxygen atoms in total. The Morgan fingerprint density at radius 1 is 1.15 bits per heavy atom. The minimum atomic E-state index is -3.71. The van der Waals surface area contributed by atoms with Crippen molar-refractivity contribution in [2.45, 2.75) is 51.5 Å². The predicted molar refractivity (Wildman–Crippen MR) is 79.6 cm³/mol. The van der Waals surface area contributed by atoms with Gasteiger partial charge in [0.25, 0.3) is 0 Å². The molecule has 0 saturated heterocycles. The third kappa shape index (κ3) is 4.62. The Balaban J connectivity index is 3.10. The zero-order valence-corrected chi connectivity index (χ0v) is 13.5. The molecule has 0 heterocycles. The summed E-state index contributed by atoms with van der Waals surface area (Å²) in [5.74, 6) is 0. The zero-order chi connectivity index (χ0) is 15.6. The highest BCUT2D eigenvalue weighted by molar-refractivity contribution is 7.89. The number of benzene rings is 1. The fourth-order valence-corrected chi connectivity index (χ4v) is 4.14. The first kappa shape index (κ1) is 16.7. The lowest BCUT2D eigenvalue weighted by atomic mass is 9.82. The summed E-state index contributed by atoms with van der Waals surface area (Å²) in [4.78, 5) is 0.0319. The van der Waals surface area contributed by atoms with Gasteiger partial charge in [-0.3, -0.25) is 0 Å². The molecule has 0 amide bonds. The van der Waals surface area contributed by atoms with Gasteiger partial charge < -0.3 is 0 Å². The number of sulfonamides is 1. The maximum Gasteiger partial charge on any atom is 0.242 e. The molecule has 1 aromatic rings. The molecule has 0 aliphatic heterocycles. The van der Waals surface area contributed by atoms with Crippen molar-refractivity contribution in [1.29, 1.82) is 5.26 Å². The van der Waals surface area contributed by atoms with Gasteiger partial charge in [0.05, 0.1) is 10.5 Å². The molecule has 20 heavy (non-hydrogen) atoms. The molecule has 110 valence electrons. The Bertz CT molecular complexity index is 620. The van der Waals surface area contributed by atoms with Crippen LogP contribution in [0, 0.1) is 16.7 Å². The highest BCUT2D eigenvalue weighted by Gasteiger charge is 2.31. The molecule has 1 N–H and O–H groups in total. The van der Waals surface area contributed by atoms with Gasteiger partial charge in [0.2, 0.25) is 10.0 Å². The lowest BCUT2D eigenvalue weighted by molar-refractivity contribution is 0.269. The SMILES string of the molecule is CC(C)(C)CC(C)(C)NS(=O)(=O)c1ccccc1C#N. The third-order valence-electron chi connectivity index (χ3n) is 2.68. The molecule has 0 aliphatic rings. The Morgan fingerprint density at radius 2 is 1.70 bits per heavy atom. The molecule has 1 aromatic carbocycles. The molecule has 0 saturated carbocycles.